The number of fused-ring (bicyclic) bond motifs is 1. The highest BCUT2D eigenvalue weighted by Gasteiger charge is 2.40. The molecule has 0 aliphatic carbocycles. The lowest BCUT2D eigenvalue weighted by molar-refractivity contribution is -0.152. The van der Waals surface area contributed by atoms with Crippen LogP contribution in [0, 0.1) is 0 Å². The first-order chi connectivity index (χ1) is 17.8. The van der Waals surface area contributed by atoms with E-state index < -0.39 is 22.9 Å². The van der Waals surface area contributed by atoms with E-state index in [9.17, 15) is 23.1 Å². The fourth-order valence-corrected chi connectivity index (χ4v) is 5.01. The third-order valence-corrected chi connectivity index (χ3v) is 6.82. The Morgan fingerprint density at radius 1 is 1.14 bits per heavy atom. The second-order valence-corrected chi connectivity index (χ2v) is 9.07. The smallest absolute Gasteiger partial charge is 0.450 e. The van der Waals surface area contributed by atoms with Crippen molar-refractivity contribution in [3.8, 4) is 22.6 Å². The van der Waals surface area contributed by atoms with E-state index in [4.69, 9.17) is 9.15 Å². The predicted molar refractivity (Wildman–Crippen MR) is 132 cm³/mol. The number of halogens is 3. The van der Waals surface area contributed by atoms with Gasteiger partial charge in [0.1, 0.15) is 17.1 Å². The SMILES string of the molecule is COc1ccc(-c2c(C(F)(F)F)oc3c(CN4CCCC[C@H]4c4cccnc4)c(O)ccc3c2=O)cc1. The summed E-state index contributed by atoms with van der Waals surface area (Å²) in [6.45, 7) is 0.792. The molecule has 2 aromatic heterocycles. The van der Waals surface area contributed by atoms with Gasteiger partial charge in [-0.05, 0) is 60.8 Å². The Kier molecular flexibility index (Phi) is 6.64. The normalized spacial score (nSPS) is 16.7. The van der Waals surface area contributed by atoms with Crippen LogP contribution in [0.4, 0.5) is 13.2 Å². The first kappa shape index (κ1) is 24.8. The summed E-state index contributed by atoms with van der Waals surface area (Å²) in [5, 5.41) is 10.7. The number of hydrogen-bond acceptors (Lipinski definition) is 6. The van der Waals surface area contributed by atoms with Gasteiger partial charge in [0, 0.05) is 25.0 Å². The number of aromatic nitrogens is 1. The molecule has 0 saturated carbocycles. The van der Waals surface area contributed by atoms with Gasteiger partial charge in [0.25, 0.3) is 0 Å². The van der Waals surface area contributed by atoms with Gasteiger partial charge in [-0.15, -0.1) is 0 Å². The second kappa shape index (κ2) is 9.89. The zero-order chi connectivity index (χ0) is 26.2. The van der Waals surface area contributed by atoms with Gasteiger partial charge >= 0.3 is 6.18 Å². The number of piperidine rings is 1. The number of benzene rings is 2. The van der Waals surface area contributed by atoms with Crippen molar-refractivity contribution >= 4 is 11.0 Å². The molecule has 192 valence electrons. The number of aromatic hydroxyl groups is 1. The number of hydrogen-bond donors (Lipinski definition) is 1. The highest BCUT2D eigenvalue weighted by Crippen LogP contribution is 2.41. The largest absolute Gasteiger partial charge is 0.507 e. The third kappa shape index (κ3) is 4.79. The molecule has 1 aliphatic rings. The molecule has 3 heterocycles. The van der Waals surface area contributed by atoms with Gasteiger partial charge in [-0.3, -0.25) is 14.7 Å². The molecule has 0 spiro atoms. The minimum Gasteiger partial charge on any atom is -0.507 e. The lowest BCUT2D eigenvalue weighted by Crippen LogP contribution is -2.33. The van der Waals surface area contributed by atoms with Crippen molar-refractivity contribution in [3.63, 3.8) is 0 Å². The number of likely N-dealkylation sites (tertiary alicyclic amines) is 1. The molecular weight excluding hydrogens is 485 g/mol. The highest BCUT2D eigenvalue weighted by molar-refractivity contribution is 5.87. The molecule has 1 N–H and O–H groups in total. The van der Waals surface area contributed by atoms with Gasteiger partial charge in [0.05, 0.1) is 23.6 Å². The number of phenols is 1. The van der Waals surface area contributed by atoms with Crippen LogP contribution in [0.15, 0.2) is 70.1 Å². The fraction of sp³-hybridized carbons (Fsp3) is 0.286. The summed E-state index contributed by atoms with van der Waals surface area (Å²) in [4.78, 5) is 19.8. The van der Waals surface area contributed by atoms with Crippen molar-refractivity contribution in [2.24, 2.45) is 0 Å². The summed E-state index contributed by atoms with van der Waals surface area (Å²) in [7, 11) is 1.44. The average molecular weight is 511 g/mol. The molecule has 9 heteroatoms. The fourth-order valence-electron chi connectivity index (χ4n) is 5.01. The molecule has 0 amide bonds. The molecule has 1 aliphatic heterocycles. The Bertz CT molecular complexity index is 1470. The van der Waals surface area contributed by atoms with Crippen LogP contribution in [0.1, 0.15) is 42.2 Å². The quantitative estimate of drug-likeness (QED) is 0.339. The van der Waals surface area contributed by atoms with Crippen molar-refractivity contribution in [1.82, 2.24) is 9.88 Å². The maximum absolute atomic E-state index is 14.2. The summed E-state index contributed by atoms with van der Waals surface area (Å²) in [5.41, 5.74) is -0.456. The molecular formula is C28H25F3N2O4. The van der Waals surface area contributed by atoms with Crippen LogP contribution in [-0.2, 0) is 12.7 Å². The molecule has 0 radical (unpaired) electrons. The number of nitrogens with zero attached hydrogens (tertiary/aromatic N) is 2. The number of methoxy groups -OCH3 is 1. The van der Waals surface area contributed by atoms with E-state index in [1.807, 2.05) is 12.1 Å². The van der Waals surface area contributed by atoms with E-state index in [0.29, 0.717) is 12.3 Å². The molecule has 2 aromatic carbocycles. The molecule has 0 bridgehead atoms. The molecule has 37 heavy (non-hydrogen) atoms. The van der Waals surface area contributed by atoms with Crippen molar-refractivity contribution in [3.05, 3.63) is 88.0 Å². The predicted octanol–water partition coefficient (Wildman–Crippen LogP) is 6.32. The van der Waals surface area contributed by atoms with Crippen LogP contribution in [0.25, 0.3) is 22.1 Å². The monoisotopic (exact) mass is 510 g/mol. The summed E-state index contributed by atoms with van der Waals surface area (Å²) >= 11 is 0. The van der Waals surface area contributed by atoms with Crippen LogP contribution in [0.2, 0.25) is 0 Å². The van der Waals surface area contributed by atoms with E-state index in [0.717, 1.165) is 24.8 Å². The number of rotatable bonds is 5. The van der Waals surface area contributed by atoms with Crippen LogP contribution >= 0.6 is 0 Å². The number of ether oxygens (including phenoxy) is 1. The van der Waals surface area contributed by atoms with E-state index in [-0.39, 0.29) is 40.4 Å². The Morgan fingerprint density at radius 3 is 2.59 bits per heavy atom. The minimum atomic E-state index is -4.94. The maximum Gasteiger partial charge on any atom is 0.450 e. The Hall–Kier alpha value is -3.85. The zero-order valence-electron chi connectivity index (χ0n) is 20.1. The van der Waals surface area contributed by atoms with Gasteiger partial charge in [-0.2, -0.15) is 13.2 Å². The van der Waals surface area contributed by atoms with Crippen LogP contribution in [0.3, 0.4) is 0 Å². The minimum absolute atomic E-state index is 0.0236. The summed E-state index contributed by atoms with van der Waals surface area (Å²) < 4.78 is 53.2. The molecule has 6 nitrogen and oxygen atoms in total. The van der Waals surface area contributed by atoms with E-state index in [2.05, 4.69) is 9.88 Å². The lowest BCUT2D eigenvalue weighted by Gasteiger charge is -2.36. The molecule has 4 aromatic rings. The van der Waals surface area contributed by atoms with Gasteiger partial charge in [-0.25, -0.2) is 0 Å². The lowest BCUT2D eigenvalue weighted by atomic mass is 9.95. The van der Waals surface area contributed by atoms with E-state index in [1.165, 1.54) is 43.5 Å². The number of alkyl halides is 3. The zero-order valence-corrected chi connectivity index (χ0v) is 20.1. The van der Waals surface area contributed by atoms with Crippen LogP contribution < -0.4 is 10.2 Å². The Labute approximate surface area is 210 Å². The topological polar surface area (TPSA) is 75.8 Å². The second-order valence-electron chi connectivity index (χ2n) is 9.07. The Balaban J connectivity index is 1.66. The standard InChI is InChI=1S/C28H25F3N2O4/c1-36-19-9-7-17(8-10-19)24-25(35)20-11-12-23(34)21(26(20)37-27(24)28(29,30)31)16-33-14-3-2-6-22(33)18-5-4-13-32-15-18/h4-5,7-13,15,22,34H,2-3,6,14,16H2,1H3/t22-/m0/s1. The maximum atomic E-state index is 14.2. The number of phenolic OH excluding ortho intramolecular Hbond substituents is 1. The van der Waals surface area contributed by atoms with Gasteiger partial charge in [0.15, 0.2) is 0 Å². The van der Waals surface area contributed by atoms with Gasteiger partial charge < -0.3 is 14.3 Å². The number of pyridine rings is 1. The van der Waals surface area contributed by atoms with Crippen LogP contribution in [-0.4, -0.2) is 28.6 Å². The average Bonchev–Trinajstić information content (AvgIpc) is 2.90. The summed E-state index contributed by atoms with van der Waals surface area (Å²) in [5.74, 6) is -1.18. The van der Waals surface area contributed by atoms with E-state index >= 15 is 0 Å². The molecule has 1 saturated heterocycles. The van der Waals surface area contributed by atoms with Gasteiger partial charge in [0.2, 0.25) is 11.2 Å². The van der Waals surface area contributed by atoms with Crippen LogP contribution in [0.5, 0.6) is 11.5 Å². The molecule has 5 rings (SSSR count). The van der Waals surface area contributed by atoms with E-state index in [1.54, 1.807) is 12.4 Å². The summed E-state index contributed by atoms with van der Waals surface area (Å²) in [6.07, 6.45) is 1.26. The first-order valence-corrected chi connectivity index (χ1v) is 11.9. The van der Waals surface area contributed by atoms with Gasteiger partial charge in [-0.1, -0.05) is 24.6 Å². The van der Waals surface area contributed by atoms with Crippen molar-refractivity contribution in [2.45, 2.75) is 38.0 Å². The van der Waals surface area contributed by atoms with Crippen molar-refractivity contribution < 1.29 is 27.4 Å². The first-order valence-electron chi connectivity index (χ1n) is 11.9. The molecule has 1 fully saturated rings. The molecule has 0 unspecified atom stereocenters. The van der Waals surface area contributed by atoms with Crippen molar-refractivity contribution in [1.29, 1.82) is 0 Å². The molecule has 1 atom stereocenters. The van der Waals surface area contributed by atoms with Crippen molar-refractivity contribution in [2.75, 3.05) is 13.7 Å². The highest BCUT2D eigenvalue weighted by atomic mass is 19.4. The third-order valence-electron chi connectivity index (χ3n) is 6.82. The summed E-state index contributed by atoms with van der Waals surface area (Å²) in [6, 6.07) is 12.2. The Morgan fingerprint density at radius 2 is 1.92 bits per heavy atom.